The molecule has 1 atom stereocenters. The molecule has 2 heterocycles. The maximum atomic E-state index is 11.0. The lowest BCUT2D eigenvalue weighted by atomic mass is 10.0. The number of carbonyl (C=O) groups excluding carboxylic acids is 1. The highest BCUT2D eigenvalue weighted by molar-refractivity contribution is 5.80. The van der Waals surface area contributed by atoms with Gasteiger partial charge in [0.2, 0.25) is 0 Å². The summed E-state index contributed by atoms with van der Waals surface area (Å²) in [6, 6.07) is 5.21. The number of allylic oxidation sites excluding steroid dienone is 2. The van der Waals surface area contributed by atoms with E-state index in [0.717, 1.165) is 28.8 Å². The number of nitrogens with one attached hydrogen (secondary N) is 1. The second kappa shape index (κ2) is 6.95. The number of rotatable bonds is 5. The molecule has 27 heavy (non-hydrogen) atoms. The van der Waals surface area contributed by atoms with Crippen LogP contribution in [-0.2, 0) is 0 Å². The van der Waals surface area contributed by atoms with Crippen LogP contribution in [-0.4, -0.2) is 26.7 Å². The predicted octanol–water partition coefficient (Wildman–Crippen LogP) is 4.07. The SMILES string of the molecule is Cc1cc(Nc2nccn3c(C4=CCC(N=O)C=C4)cnc23)ccc1C=O. The van der Waals surface area contributed by atoms with Gasteiger partial charge in [-0.15, -0.1) is 0 Å². The number of nitroso groups, excluding NO2 is 1. The minimum atomic E-state index is -0.301. The molecular weight excluding hydrogens is 342 g/mol. The largest absolute Gasteiger partial charge is 0.337 e. The maximum Gasteiger partial charge on any atom is 0.180 e. The molecule has 2 aromatic heterocycles. The lowest BCUT2D eigenvalue weighted by molar-refractivity contribution is 0.112. The highest BCUT2D eigenvalue weighted by Gasteiger charge is 2.15. The van der Waals surface area contributed by atoms with Crippen molar-refractivity contribution in [3.05, 3.63) is 76.7 Å². The summed E-state index contributed by atoms with van der Waals surface area (Å²) in [4.78, 5) is 30.6. The van der Waals surface area contributed by atoms with Crippen molar-refractivity contribution in [2.45, 2.75) is 19.4 Å². The van der Waals surface area contributed by atoms with E-state index < -0.39 is 0 Å². The Morgan fingerprint density at radius 2 is 2.22 bits per heavy atom. The summed E-state index contributed by atoms with van der Waals surface area (Å²) in [6.45, 7) is 1.89. The van der Waals surface area contributed by atoms with Crippen LogP contribution >= 0.6 is 0 Å². The van der Waals surface area contributed by atoms with Crippen molar-refractivity contribution < 1.29 is 4.79 Å². The van der Waals surface area contributed by atoms with Gasteiger partial charge in [0, 0.05) is 23.6 Å². The molecule has 0 bridgehead atoms. The van der Waals surface area contributed by atoms with Gasteiger partial charge in [0.15, 0.2) is 11.5 Å². The fraction of sp³-hybridized carbons (Fsp3) is 0.150. The molecule has 0 amide bonds. The van der Waals surface area contributed by atoms with E-state index in [0.29, 0.717) is 23.4 Å². The van der Waals surface area contributed by atoms with E-state index in [9.17, 15) is 9.70 Å². The molecule has 0 fully saturated rings. The number of fused-ring (bicyclic) bond motifs is 1. The first-order valence-corrected chi connectivity index (χ1v) is 8.55. The van der Waals surface area contributed by atoms with Gasteiger partial charge in [-0.3, -0.25) is 9.20 Å². The number of nitrogens with zero attached hydrogens (tertiary/aromatic N) is 4. The molecule has 1 aliphatic carbocycles. The van der Waals surface area contributed by atoms with Gasteiger partial charge in [0.25, 0.3) is 0 Å². The number of aldehydes is 1. The standard InChI is InChI=1S/C20H17N5O2/c1-13-10-17(7-4-15(13)12-26)23-19-20-22-11-18(25(20)9-8-21-19)14-2-5-16(24-27)6-3-14/h2-5,7-12,16H,6H2,1H3,(H,21,23). The third-order valence-corrected chi connectivity index (χ3v) is 4.60. The second-order valence-corrected chi connectivity index (χ2v) is 6.35. The number of hydrogen-bond acceptors (Lipinski definition) is 6. The molecule has 0 aliphatic heterocycles. The smallest absolute Gasteiger partial charge is 0.180 e. The van der Waals surface area contributed by atoms with Crippen LogP contribution in [0.1, 0.15) is 28.0 Å². The number of carbonyl (C=O) groups is 1. The molecule has 7 nitrogen and oxygen atoms in total. The number of aromatic nitrogens is 3. The van der Waals surface area contributed by atoms with E-state index in [1.165, 1.54) is 0 Å². The van der Waals surface area contributed by atoms with Gasteiger partial charge in [-0.25, -0.2) is 9.97 Å². The summed E-state index contributed by atoms with van der Waals surface area (Å²) in [5.41, 5.74) is 4.99. The van der Waals surface area contributed by atoms with Crippen molar-refractivity contribution in [3.8, 4) is 0 Å². The Morgan fingerprint density at radius 3 is 2.93 bits per heavy atom. The zero-order valence-electron chi connectivity index (χ0n) is 14.7. The number of benzene rings is 1. The van der Waals surface area contributed by atoms with Crippen molar-refractivity contribution >= 4 is 29.0 Å². The van der Waals surface area contributed by atoms with E-state index in [2.05, 4.69) is 20.5 Å². The Labute approximate surface area is 155 Å². The van der Waals surface area contributed by atoms with Crippen LogP contribution in [0.2, 0.25) is 0 Å². The van der Waals surface area contributed by atoms with Gasteiger partial charge < -0.3 is 5.32 Å². The van der Waals surface area contributed by atoms with E-state index in [1.807, 2.05) is 41.8 Å². The molecule has 0 spiro atoms. The van der Waals surface area contributed by atoms with Gasteiger partial charge in [-0.05, 0) is 42.7 Å². The van der Waals surface area contributed by atoms with E-state index in [1.54, 1.807) is 24.5 Å². The first-order chi connectivity index (χ1) is 13.2. The first-order valence-electron chi connectivity index (χ1n) is 8.55. The summed E-state index contributed by atoms with van der Waals surface area (Å²) >= 11 is 0. The van der Waals surface area contributed by atoms with Crippen molar-refractivity contribution in [1.29, 1.82) is 0 Å². The summed E-state index contributed by atoms with van der Waals surface area (Å²) < 4.78 is 1.95. The fourth-order valence-corrected chi connectivity index (χ4v) is 3.12. The fourth-order valence-electron chi connectivity index (χ4n) is 3.12. The lowest BCUT2D eigenvalue weighted by Gasteiger charge is -2.11. The van der Waals surface area contributed by atoms with Crippen molar-refractivity contribution in [2.24, 2.45) is 5.18 Å². The Bertz CT molecular complexity index is 1100. The molecule has 3 aromatic rings. The second-order valence-electron chi connectivity index (χ2n) is 6.35. The molecule has 1 aromatic carbocycles. The van der Waals surface area contributed by atoms with Crippen molar-refractivity contribution in [3.63, 3.8) is 0 Å². The van der Waals surface area contributed by atoms with Gasteiger partial charge in [-0.1, -0.05) is 23.4 Å². The van der Waals surface area contributed by atoms with Crippen LogP contribution in [0.4, 0.5) is 11.5 Å². The van der Waals surface area contributed by atoms with E-state index in [-0.39, 0.29) is 6.04 Å². The summed E-state index contributed by atoms with van der Waals surface area (Å²) in [7, 11) is 0. The molecule has 134 valence electrons. The Balaban J connectivity index is 1.68. The van der Waals surface area contributed by atoms with Crippen molar-refractivity contribution in [2.75, 3.05) is 5.32 Å². The molecule has 0 saturated heterocycles. The van der Waals surface area contributed by atoms with Gasteiger partial charge in [0.05, 0.1) is 11.9 Å². The highest BCUT2D eigenvalue weighted by Crippen LogP contribution is 2.26. The van der Waals surface area contributed by atoms with Crippen LogP contribution < -0.4 is 5.32 Å². The normalized spacial score (nSPS) is 16.2. The van der Waals surface area contributed by atoms with Crippen LogP contribution in [0.25, 0.3) is 11.2 Å². The minimum Gasteiger partial charge on any atom is -0.337 e. The third-order valence-electron chi connectivity index (χ3n) is 4.60. The third kappa shape index (κ3) is 3.15. The van der Waals surface area contributed by atoms with E-state index in [4.69, 9.17) is 0 Å². The molecule has 0 radical (unpaired) electrons. The average Bonchev–Trinajstić information content (AvgIpc) is 3.13. The number of hydrogen-bond donors (Lipinski definition) is 1. The van der Waals surface area contributed by atoms with Crippen LogP contribution in [0, 0.1) is 11.8 Å². The van der Waals surface area contributed by atoms with E-state index >= 15 is 0 Å². The molecule has 0 saturated carbocycles. The summed E-state index contributed by atoms with van der Waals surface area (Å²) in [6.07, 6.45) is 12.5. The van der Waals surface area contributed by atoms with Crippen LogP contribution in [0.5, 0.6) is 0 Å². The molecule has 7 heteroatoms. The molecule has 1 aliphatic rings. The minimum absolute atomic E-state index is 0.301. The van der Waals surface area contributed by atoms with Gasteiger partial charge >= 0.3 is 0 Å². The Morgan fingerprint density at radius 1 is 1.33 bits per heavy atom. The predicted molar refractivity (Wildman–Crippen MR) is 104 cm³/mol. The zero-order valence-corrected chi connectivity index (χ0v) is 14.7. The zero-order chi connectivity index (χ0) is 18.8. The quantitative estimate of drug-likeness (QED) is 0.548. The number of anilines is 2. The highest BCUT2D eigenvalue weighted by atomic mass is 16.3. The summed E-state index contributed by atoms with van der Waals surface area (Å²) in [5, 5.41) is 6.33. The van der Waals surface area contributed by atoms with Crippen molar-refractivity contribution in [1.82, 2.24) is 14.4 Å². The first kappa shape index (κ1) is 16.8. The topological polar surface area (TPSA) is 88.7 Å². The van der Waals surface area contributed by atoms with Gasteiger partial charge in [0.1, 0.15) is 12.3 Å². The monoisotopic (exact) mass is 359 g/mol. The molecule has 4 rings (SSSR count). The van der Waals surface area contributed by atoms with Gasteiger partial charge in [-0.2, -0.15) is 4.91 Å². The average molecular weight is 359 g/mol. The Kier molecular flexibility index (Phi) is 4.33. The van der Waals surface area contributed by atoms with Crippen LogP contribution in [0.3, 0.4) is 0 Å². The number of aryl methyl sites for hydroxylation is 1. The maximum absolute atomic E-state index is 11.0. The number of imidazole rings is 1. The lowest BCUT2D eigenvalue weighted by Crippen LogP contribution is -2.03. The molecular formula is C20H17N5O2. The summed E-state index contributed by atoms with van der Waals surface area (Å²) in [5.74, 6) is 0.620. The molecule has 1 unspecified atom stereocenters. The Hall–Kier alpha value is -3.61. The van der Waals surface area contributed by atoms with Crippen LogP contribution in [0.15, 0.2) is 60.2 Å². The molecule has 1 N–H and O–H groups in total.